The summed E-state index contributed by atoms with van der Waals surface area (Å²) < 4.78 is 5.63. The first kappa shape index (κ1) is 18.4. The summed E-state index contributed by atoms with van der Waals surface area (Å²) in [5.74, 6) is 0.773. The van der Waals surface area contributed by atoms with Gasteiger partial charge in [-0.15, -0.1) is 0 Å². The average molecular weight is 375 g/mol. The normalized spacial score (nSPS) is 15.0. The Kier molecular flexibility index (Phi) is 5.53. The van der Waals surface area contributed by atoms with Gasteiger partial charge in [0.15, 0.2) is 0 Å². The van der Waals surface area contributed by atoms with Gasteiger partial charge in [0, 0.05) is 43.9 Å². The lowest BCUT2D eigenvalue weighted by molar-refractivity contribution is 0.0627. The van der Waals surface area contributed by atoms with Crippen molar-refractivity contribution in [3.8, 4) is 11.5 Å². The average Bonchev–Trinajstić information content (AvgIpc) is 3.23. The number of hydrogen-bond donors (Lipinski definition) is 0. The Balaban J connectivity index is 1.32. The highest BCUT2D eigenvalue weighted by Gasteiger charge is 2.22. The van der Waals surface area contributed by atoms with Crippen LogP contribution in [-0.4, -0.2) is 46.9 Å². The van der Waals surface area contributed by atoms with E-state index in [0.717, 1.165) is 56.0 Å². The van der Waals surface area contributed by atoms with Gasteiger partial charge in [-0.25, -0.2) is 4.98 Å². The Hall–Kier alpha value is -2.92. The van der Waals surface area contributed by atoms with Gasteiger partial charge in [0.25, 0.3) is 5.91 Å². The molecule has 1 amide bonds. The van der Waals surface area contributed by atoms with Crippen molar-refractivity contribution in [3.63, 3.8) is 0 Å². The van der Waals surface area contributed by atoms with Crippen LogP contribution in [0.4, 0.5) is 0 Å². The zero-order chi connectivity index (χ0) is 19.3. The summed E-state index contributed by atoms with van der Waals surface area (Å²) in [6.45, 7) is 6.01. The summed E-state index contributed by atoms with van der Waals surface area (Å²) in [4.78, 5) is 21.6. The first-order valence-corrected chi connectivity index (χ1v) is 9.83. The molecule has 2 aromatic carbocycles. The number of carbonyl (C=O) groups excluding carboxylic acids is 1. The van der Waals surface area contributed by atoms with Crippen LogP contribution in [0.25, 0.3) is 11.5 Å². The Morgan fingerprint density at radius 1 is 1.00 bits per heavy atom. The number of rotatable bonds is 5. The van der Waals surface area contributed by atoms with Gasteiger partial charge in [0.05, 0.1) is 5.69 Å². The van der Waals surface area contributed by atoms with Crippen molar-refractivity contribution in [1.29, 1.82) is 0 Å². The van der Waals surface area contributed by atoms with Crippen LogP contribution in [0.15, 0.2) is 65.3 Å². The van der Waals surface area contributed by atoms with Crippen molar-refractivity contribution in [2.75, 3.05) is 26.2 Å². The number of oxazole rings is 1. The zero-order valence-electron chi connectivity index (χ0n) is 16.2. The molecule has 0 radical (unpaired) electrons. The maximum Gasteiger partial charge on any atom is 0.253 e. The van der Waals surface area contributed by atoms with E-state index in [1.807, 2.05) is 59.5 Å². The molecule has 1 aromatic heterocycles. The highest BCUT2D eigenvalue weighted by Crippen LogP contribution is 2.19. The van der Waals surface area contributed by atoms with E-state index >= 15 is 0 Å². The second-order valence-electron chi connectivity index (χ2n) is 7.13. The third kappa shape index (κ3) is 4.15. The molecule has 0 spiro atoms. The molecule has 5 heteroatoms. The van der Waals surface area contributed by atoms with Crippen LogP contribution in [-0.2, 0) is 13.0 Å². The molecule has 1 aliphatic rings. The molecule has 0 N–H and O–H groups in total. The largest absolute Gasteiger partial charge is 0.444 e. The number of hydrogen-bond acceptors (Lipinski definition) is 4. The first-order chi connectivity index (χ1) is 13.7. The maximum absolute atomic E-state index is 12.7. The van der Waals surface area contributed by atoms with Gasteiger partial charge in [-0.3, -0.25) is 9.69 Å². The molecule has 5 nitrogen and oxygen atoms in total. The number of carbonyl (C=O) groups is 1. The van der Waals surface area contributed by atoms with Crippen LogP contribution >= 0.6 is 0 Å². The second kappa shape index (κ2) is 8.40. The summed E-state index contributed by atoms with van der Waals surface area (Å²) in [7, 11) is 0. The fourth-order valence-electron chi connectivity index (χ4n) is 3.50. The molecule has 0 bridgehead atoms. The molecule has 4 rings (SSSR count). The highest BCUT2D eigenvalue weighted by atomic mass is 16.3. The van der Waals surface area contributed by atoms with Crippen LogP contribution in [0.5, 0.6) is 0 Å². The summed E-state index contributed by atoms with van der Waals surface area (Å²) in [6.07, 6.45) is 2.72. The number of amides is 1. The third-order valence-electron chi connectivity index (χ3n) is 5.23. The van der Waals surface area contributed by atoms with E-state index in [0.29, 0.717) is 5.89 Å². The van der Waals surface area contributed by atoms with Crippen molar-refractivity contribution < 1.29 is 9.21 Å². The van der Waals surface area contributed by atoms with E-state index in [9.17, 15) is 4.79 Å². The zero-order valence-corrected chi connectivity index (χ0v) is 16.2. The molecule has 1 aliphatic heterocycles. The van der Waals surface area contributed by atoms with Crippen molar-refractivity contribution in [1.82, 2.24) is 14.8 Å². The van der Waals surface area contributed by atoms with Gasteiger partial charge in [-0.2, -0.15) is 0 Å². The molecule has 1 saturated heterocycles. The van der Waals surface area contributed by atoms with Gasteiger partial charge < -0.3 is 9.32 Å². The highest BCUT2D eigenvalue weighted by molar-refractivity contribution is 5.94. The Morgan fingerprint density at radius 3 is 2.39 bits per heavy atom. The summed E-state index contributed by atoms with van der Waals surface area (Å²) in [6, 6.07) is 17.9. The van der Waals surface area contributed by atoms with Crippen LogP contribution in [0.3, 0.4) is 0 Å². The van der Waals surface area contributed by atoms with Gasteiger partial charge >= 0.3 is 0 Å². The SMILES string of the molecule is CCc1ccc(C(=O)N2CCN(Cc3coc(-c4ccccc4)n3)CC2)cc1. The molecule has 0 unspecified atom stereocenters. The van der Waals surface area contributed by atoms with Crippen molar-refractivity contribution >= 4 is 5.91 Å². The molecular weight excluding hydrogens is 350 g/mol. The minimum Gasteiger partial charge on any atom is -0.444 e. The predicted octanol–water partition coefficient (Wildman–Crippen LogP) is 3.86. The topological polar surface area (TPSA) is 49.6 Å². The quantitative estimate of drug-likeness (QED) is 0.679. The number of benzene rings is 2. The fourth-order valence-corrected chi connectivity index (χ4v) is 3.50. The molecular formula is C23H25N3O2. The van der Waals surface area contributed by atoms with E-state index in [1.54, 1.807) is 6.26 Å². The standard InChI is InChI=1S/C23H25N3O2/c1-2-18-8-10-20(11-9-18)23(27)26-14-12-25(13-15-26)16-21-17-28-22(24-21)19-6-4-3-5-7-19/h3-11,17H,2,12-16H2,1H3. The van der Waals surface area contributed by atoms with Crippen molar-refractivity contribution in [3.05, 3.63) is 77.7 Å². The van der Waals surface area contributed by atoms with Gasteiger partial charge in [-0.1, -0.05) is 37.3 Å². The minimum atomic E-state index is 0.120. The molecule has 144 valence electrons. The lowest BCUT2D eigenvalue weighted by atomic mass is 10.1. The molecule has 0 saturated carbocycles. The smallest absolute Gasteiger partial charge is 0.253 e. The second-order valence-corrected chi connectivity index (χ2v) is 7.13. The van der Waals surface area contributed by atoms with Crippen LogP contribution < -0.4 is 0 Å². The van der Waals surface area contributed by atoms with E-state index in [-0.39, 0.29) is 5.91 Å². The van der Waals surface area contributed by atoms with E-state index in [4.69, 9.17) is 4.42 Å². The van der Waals surface area contributed by atoms with Gasteiger partial charge in [0.2, 0.25) is 5.89 Å². The monoisotopic (exact) mass is 375 g/mol. The summed E-state index contributed by atoms with van der Waals surface area (Å²) in [5.41, 5.74) is 3.94. The van der Waals surface area contributed by atoms with Gasteiger partial charge in [-0.05, 0) is 36.2 Å². The Morgan fingerprint density at radius 2 is 1.71 bits per heavy atom. The van der Waals surface area contributed by atoms with Crippen LogP contribution in [0.1, 0.15) is 28.5 Å². The maximum atomic E-state index is 12.7. The van der Waals surface area contributed by atoms with Crippen molar-refractivity contribution in [2.24, 2.45) is 0 Å². The van der Waals surface area contributed by atoms with E-state index in [2.05, 4.69) is 16.8 Å². The minimum absolute atomic E-state index is 0.120. The lowest BCUT2D eigenvalue weighted by Crippen LogP contribution is -2.48. The Bertz CT molecular complexity index is 911. The van der Waals surface area contributed by atoms with Crippen molar-refractivity contribution in [2.45, 2.75) is 19.9 Å². The number of nitrogens with zero attached hydrogens (tertiary/aromatic N) is 3. The Labute approximate surface area is 165 Å². The third-order valence-corrected chi connectivity index (χ3v) is 5.23. The van der Waals surface area contributed by atoms with Crippen LogP contribution in [0.2, 0.25) is 0 Å². The lowest BCUT2D eigenvalue weighted by Gasteiger charge is -2.34. The van der Waals surface area contributed by atoms with Gasteiger partial charge in [0.1, 0.15) is 6.26 Å². The van der Waals surface area contributed by atoms with E-state index in [1.165, 1.54) is 5.56 Å². The molecule has 2 heterocycles. The molecule has 1 fully saturated rings. The fraction of sp³-hybridized carbons (Fsp3) is 0.304. The predicted molar refractivity (Wildman–Crippen MR) is 109 cm³/mol. The molecule has 3 aromatic rings. The first-order valence-electron chi connectivity index (χ1n) is 9.83. The number of aromatic nitrogens is 1. The summed E-state index contributed by atoms with van der Waals surface area (Å²) >= 11 is 0. The van der Waals surface area contributed by atoms with Crippen LogP contribution in [0, 0.1) is 0 Å². The molecule has 0 aliphatic carbocycles. The number of aryl methyl sites for hydroxylation is 1. The summed E-state index contributed by atoms with van der Waals surface area (Å²) in [5, 5.41) is 0. The molecule has 28 heavy (non-hydrogen) atoms. The number of piperazine rings is 1. The molecule has 0 atom stereocenters. The van der Waals surface area contributed by atoms with E-state index < -0.39 is 0 Å².